The van der Waals surface area contributed by atoms with Crippen LogP contribution in [-0.2, 0) is 11.4 Å². The Kier molecular flexibility index (Phi) is 6.66. The second kappa shape index (κ2) is 9.61. The fourth-order valence-corrected chi connectivity index (χ4v) is 4.42. The molecular weight excluding hydrogens is 466 g/mol. The predicted octanol–water partition coefficient (Wildman–Crippen LogP) is 6.64. The van der Waals surface area contributed by atoms with Gasteiger partial charge in [-0.05, 0) is 72.1 Å². The van der Waals surface area contributed by atoms with Gasteiger partial charge in [0.25, 0.3) is 5.91 Å². The van der Waals surface area contributed by atoms with Crippen LogP contribution in [0.1, 0.15) is 36.1 Å². The molecule has 0 radical (unpaired) electrons. The molecule has 0 aromatic heterocycles. The first-order valence-corrected chi connectivity index (χ1v) is 11.6. The summed E-state index contributed by atoms with van der Waals surface area (Å²) in [6.45, 7) is 7.58. The van der Waals surface area contributed by atoms with Crippen molar-refractivity contribution < 1.29 is 14.3 Å². The topological polar surface area (TPSA) is 38.8 Å². The molecule has 1 amide bonds. The number of amides is 1. The number of rotatable bonds is 7. The van der Waals surface area contributed by atoms with Crippen LogP contribution < -0.4 is 14.4 Å². The molecule has 0 saturated carbocycles. The highest BCUT2D eigenvalue weighted by Gasteiger charge is 2.30. The maximum Gasteiger partial charge on any atom is 0.258 e. The minimum Gasteiger partial charge on any atom is -0.490 e. The van der Waals surface area contributed by atoms with E-state index in [9.17, 15) is 4.79 Å². The molecule has 0 unspecified atom stereocenters. The summed E-state index contributed by atoms with van der Waals surface area (Å²) in [6.07, 6.45) is 1.92. The molecule has 1 aliphatic rings. The van der Waals surface area contributed by atoms with Crippen LogP contribution in [0.2, 0.25) is 0 Å². The summed E-state index contributed by atoms with van der Waals surface area (Å²) in [5.74, 6) is 1.32. The van der Waals surface area contributed by atoms with Crippen molar-refractivity contribution in [1.82, 2.24) is 0 Å². The molecule has 4 rings (SSSR count). The smallest absolute Gasteiger partial charge is 0.258 e. The Morgan fingerprint density at radius 3 is 2.47 bits per heavy atom. The van der Waals surface area contributed by atoms with E-state index >= 15 is 0 Å². The summed E-state index contributed by atoms with van der Waals surface area (Å²) in [5.41, 5.74) is 5.77. The van der Waals surface area contributed by atoms with Gasteiger partial charge >= 0.3 is 0 Å². The van der Waals surface area contributed by atoms with Crippen LogP contribution in [0.3, 0.4) is 0 Å². The Balaban J connectivity index is 1.67. The summed E-state index contributed by atoms with van der Waals surface area (Å²) in [6, 6.07) is 20.1. The number of hydrogen-bond acceptors (Lipinski definition) is 3. The Labute approximate surface area is 197 Å². The number of halogens is 1. The summed E-state index contributed by atoms with van der Waals surface area (Å²) in [7, 11) is 0. The summed E-state index contributed by atoms with van der Waals surface area (Å²) in [4.78, 5) is 14.8. The van der Waals surface area contributed by atoms with Gasteiger partial charge in [-0.2, -0.15) is 0 Å². The third-order valence-electron chi connectivity index (χ3n) is 5.42. The number of hydrogen-bond donors (Lipinski definition) is 0. The molecule has 32 heavy (non-hydrogen) atoms. The summed E-state index contributed by atoms with van der Waals surface area (Å²) >= 11 is 3.65. The van der Waals surface area contributed by atoms with Crippen molar-refractivity contribution >= 4 is 39.2 Å². The zero-order valence-electron chi connectivity index (χ0n) is 18.5. The molecule has 4 nitrogen and oxygen atoms in total. The maximum atomic E-state index is 13.0. The zero-order chi connectivity index (χ0) is 22.7. The number of carbonyl (C=O) groups excluding carboxylic acids is 1. The largest absolute Gasteiger partial charge is 0.490 e. The minimum absolute atomic E-state index is 0.0162. The second-order valence-electron chi connectivity index (χ2n) is 7.66. The van der Waals surface area contributed by atoms with Gasteiger partial charge in [0.15, 0.2) is 11.5 Å². The third-order valence-corrected chi connectivity index (χ3v) is 6.01. The number of aryl methyl sites for hydroxylation is 1. The maximum absolute atomic E-state index is 13.0. The highest BCUT2D eigenvalue weighted by atomic mass is 79.9. The van der Waals surface area contributed by atoms with E-state index in [1.165, 1.54) is 5.56 Å². The fourth-order valence-electron chi connectivity index (χ4n) is 3.84. The molecule has 0 N–H and O–H groups in total. The summed E-state index contributed by atoms with van der Waals surface area (Å²) in [5, 5.41) is 0. The number of anilines is 1. The quantitative estimate of drug-likeness (QED) is 0.347. The van der Waals surface area contributed by atoms with Crippen LogP contribution in [0, 0.1) is 6.92 Å². The van der Waals surface area contributed by atoms with Crippen molar-refractivity contribution in [2.75, 3.05) is 18.1 Å². The Morgan fingerprint density at radius 1 is 1.00 bits per heavy atom. The van der Waals surface area contributed by atoms with Crippen LogP contribution in [0.4, 0.5) is 5.69 Å². The molecule has 0 aliphatic carbocycles. The monoisotopic (exact) mass is 491 g/mol. The minimum atomic E-state index is 0.0162. The lowest BCUT2D eigenvalue weighted by Gasteiger charge is -2.15. The molecule has 0 fully saturated rings. The van der Waals surface area contributed by atoms with Gasteiger partial charge in [-0.25, -0.2) is 0 Å². The zero-order valence-corrected chi connectivity index (χ0v) is 20.1. The first kappa shape index (κ1) is 22.2. The number of likely N-dealkylation sites (N-methyl/N-ethyl adjacent to an activating group) is 1. The van der Waals surface area contributed by atoms with Gasteiger partial charge < -0.3 is 14.4 Å². The van der Waals surface area contributed by atoms with Crippen molar-refractivity contribution in [1.29, 1.82) is 0 Å². The molecule has 3 aromatic carbocycles. The van der Waals surface area contributed by atoms with Crippen LogP contribution in [0.5, 0.6) is 11.5 Å². The molecule has 0 saturated heterocycles. The lowest BCUT2D eigenvalue weighted by Crippen LogP contribution is -2.25. The number of nitrogens with zero attached hydrogens (tertiary/aromatic N) is 1. The Morgan fingerprint density at radius 2 is 1.75 bits per heavy atom. The first-order valence-electron chi connectivity index (χ1n) is 10.8. The number of benzene rings is 3. The molecule has 164 valence electrons. The van der Waals surface area contributed by atoms with Crippen LogP contribution in [0.25, 0.3) is 11.6 Å². The molecule has 0 atom stereocenters. The molecule has 0 bridgehead atoms. The van der Waals surface area contributed by atoms with E-state index in [2.05, 4.69) is 47.1 Å². The highest BCUT2D eigenvalue weighted by molar-refractivity contribution is 9.10. The second-order valence-corrected chi connectivity index (χ2v) is 8.52. The number of fused-ring (bicyclic) bond motifs is 1. The molecule has 3 aromatic rings. The SMILES string of the molecule is CCOc1cc(/C=C2\C(=O)N(CC)c3ccccc32)cc(Br)c1OCc1ccc(C)cc1. The van der Waals surface area contributed by atoms with Crippen LogP contribution in [0.15, 0.2) is 65.1 Å². The number of ether oxygens (including phenoxy) is 2. The van der Waals surface area contributed by atoms with Crippen molar-refractivity contribution in [2.45, 2.75) is 27.4 Å². The van der Waals surface area contributed by atoms with Crippen LogP contribution in [-0.4, -0.2) is 19.1 Å². The average molecular weight is 492 g/mol. The van der Waals surface area contributed by atoms with E-state index in [1.54, 1.807) is 4.90 Å². The van der Waals surface area contributed by atoms with E-state index in [-0.39, 0.29) is 5.91 Å². The average Bonchev–Trinajstić information content (AvgIpc) is 3.05. The Bertz CT molecular complexity index is 1170. The van der Waals surface area contributed by atoms with Gasteiger partial charge in [0.2, 0.25) is 0 Å². The molecule has 1 aliphatic heterocycles. The molecule has 5 heteroatoms. The highest BCUT2D eigenvalue weighted by Crippen LogP contribution is 2.41. The Hall–Kier alpha value is -3.05. The standard InChI is InChI=1S/C27H26BrNO3/c1-4-29-24-9-7-6-8-21(24)22(27(29)30)14-20-15-23(28)26(25(16-20)31-5-2)32-17-19-12-10-18(3)11-13-19/h6-16H,4-5,17H2,1-3H3/b22-14-. The van der Waals surface area contributed by atoms with Crippen molar-refractivity contribution in [3.63, 3.8) is 0 Å². The normalized spacial score (nSPS) is 14.1. The van der Waals surface area contributed by atoms with Gasteiger partial charge in [-0.3, -0.25) is 4.79 Å². The number of para-hydroxylation sites is 1. The van der Waals surface area contributed by atoms with Gasteiger partial charge in [0, 0.05) is 17.7 Å². The lowest BCUT2D eigenvalue weighted by molar-refractivity contribution is -0.112. The molecular formula is C27H26BrNO3. The van der Waals surface area contributed by atoms with Gasteiger partial charge in [0.1, 0.15) is 6.61 Å². The van der Waals surface area contributed by atoms with E-state index in [4.69, 9.17) is 9.47 Å². The van der Waals surface area contributed by atoms with Crippen LogP contribution >= 0.6 is 15.9 Å². The predicted molar refractivity (Wildman–Crippen MR) is 133 cm³/mol. The fraction of sp³-hybridized carbons (Fsp3) is 0.222. The van der Waals surface area contributed by atoms with E-state index in [0.29, 0.717) is 36.8 Å². The summed E-state index contributed by atoms with van der Waals surface area (Å²) < 4.78 is 12.8. The molecule has 1 heterocycles. The van der Waals surface area contributed by atoms with Crippen molar-refractivity contribution in [2.24, 2.45) is 0 Å². The lowest BCUT2D eigenvalue weighted by atomic mass is 10.0. The third kappa shape index (κ3) is 4.44. The number of carbonyl (C=O) groups is 1. The van der Waals surface area contributed by atoms with Crippen molar-refractivity contribution in [3.8, 4) is 11.5 Å². The first-order chi connectivity index (χ1) is 15.5. The van der Waals surface area contributed by atoms with Gasteiger partial charge in [-0.1, -0.05) is 48.0 Å². The van der Waals surface area contributed by atoms with Crippen molar-refractivity contribution in [3.05, 3.63) is 87.4 Å². The molecule has 0 spiro atoms. The van der Waals surface area contributed by atoms with E-state index in [0.717, 1.165) is 26.9 Å². The van der Waals surface area contributed by atoms with E-state index < -0.39 is 0 Å². The van der Waals surface area contributed by atoms with Gasteiger partial charge in [-0.15, -0.1) is 0 Å². The van der Waals surface area contributed by atoms with E-state index in [1.807, 2.05) is 56.3 Å². The van der Waals surface area contributed by atoms with Gasteiger partial charge in [0.05, 0.1) is 16.8 Å².